The lowest BCUT2D eigenvalue weighted by atomic mass is 10.3. The molecular formula is C12H9BrCl2N2O2. The summed E-state index contributed by atoms with van der Waals surface area (Å²) in [5.41, 5.74) is 6.15. The number of nitrogens with two attached hydrogens (primary N) is 1. The van der Waals surface area contributed by atoms with Gasteiger partial charge in [0.15, 0.2) is 0 Å². The summed E-state index contributed by atoms with van der Waals surface area (Å²) in [6, 6.07) is 6.48. The Morgan fingerprint density at radius 1 is 1.21 bits per heavy atom. The zero-order valence-corrected chi connectivity index (χ0v) is 12.9. The summed E-state index contributed by atoms with van der Waals surface area (Å²) < 4.78 is 11.3. The highest BCUT2D eigenvalue weighted by Crippen LogP contribution is 2.37. The van der Waals surface area contributed by atoms with Crippen molar-refractivity contribution in [3.63, 3.8) is 0 Å². The van der Waals surface area contributed by atoms with Crippen molar-refractivity contribution in [3.8, 4) is 17.5 Å². The average molecular weight is 364 g/mol. The number of hydrogen-bond donors (Lipinski definition) is 1. The van der Waals surface area contributed by atoms with Gasteiger partial charge in [-0.2, -0.15) is 4.98 Å². The molecule has 0 radical (unpaired) electrons. The third-order valence-corrected chi connectivity index (χ3v) is 3.75. The Bertz CT molecular complexity index is 623. The second-order valence-electron chi connectivity index (χ2n) is 3.55. The molecule has 100 valence electrons. The summed E-state index contributed by atoms with van der Waals surface area (Å²) >= 11 is 15.3. The summed E-state index contributed by atoms with van der Waals surface area (Å²) in [4.78, 5) is 4.10. The van der Waals surface area contributed by atoms with E-state index < -0.39 is 0 Å². The van der Waals surface area contributed by atoms with Crippen molar-refractivity contribution in [2.45, 2.75) is 0 Å². The van der Waals surface area contributed by atoms with E-state index in [1.54, 1.807) is 24.3 Å². The molecule has 19 heavy (non-hydrogen) atoms. The molecule has 2 N–H and O–H groups in total. The average Bonchev–Trinajstić information content (AvgIpc) is 2.38. The predicted octanol–water partition coefficient (Wildman–Crippen LogP) is 4.53. The molecule has 2 rings (SSSR count). The minimum atomic E-state index is 0.208. The van der Waals surface area contributed by atoms with Gasteiger partial charge in [0, 0.05) is 16.6 Å². The largest absolute Gasteiger partial charge is 0.481 e. The molecule has 4 nitrogen and oxygen atoms in total. The zero-order chi connectivity index (χ0) is 14.0. The van der Waals surface area contributed by atoms with Gasteiger partial charge in [0.25, 0.3) is 0 Å². The third-order valence-electron chi connectivity index (χ3n) is 2.25. The normalized spacial score (nSPS) is 10.3. The van der Waals surface area contributed by atoms with Gasteiger partial charge in [-0.15, -0.1) is 0 Å². The highest BCUT2D eigenvalue weighted by atomic mass is 79.9. The van der Waals surface area contributed by atoms with Crippen molar-refractivity contribution in [3.05, 3.63) is 38.8 Å². The standard InChI is InChI=1S/C12H9BrCl2N2O2/c1-18-11-3-2-9(16)12(17-11)19-10-5-7(14)6(13)4-8(10)15/h2-5H,16H2,1H3. The van der Waals surface area contributed by atoms with E-state index >= 15 is 0 Å². The first kappa shape index (κ1) is 14.2. The molecule has 0 saturated heterocycles. The SMILES string of the molecule is COc1ccc(N)c(Oc2cc(Cl)c(Br)cc2Cl)n1. The van der Waals surface area contributed by atoms with Crippen LogP contribution in [0.15, 0.2) is 28.7 Å². The number of anilines is 1. The fourth-order valence-corrected chi connectivity index (χ4v) is 2.15. The van der Waals surface area contributed by atoms with Crippen LogP contribution in [0.1, 0.15) is 0 Å². The number of benzene rings is 1. The van der Waals surface area contributed by atoms with Crippen molar-refractivity contribution in [2.75, 3.05) is 12.8 Å². The lowest BCUT2D eigenvalue weighted by Gasteiger charge is -2.10. The quantitative estimate of drug-likeness (QED) is 0.813. The lowest BCUT2D eigenvalue weighted by Crippen LogP contribution is -1.97. The van der Waals surface area contributed by atoms with Gasteiger partial charge in [-0.25, -0.2) is 0 Å². The van der Waals surface area contributed by atoms with Gasteiger partial charge in [0.05, 0.1) is 22.8 Å². The number of nitrogen functional groups attached to an aromatic ring is 1. The van der Waals surface area contributed by atoms with E-state index in [-0.39, 0.29) is 5.88 Å². The van der Waals surface area contributed by atoms with Crippen LogP contribution in [-0.2, 0) is 0 Å². The Morgan fingerprint density at radius 3 is 2.63 bits per heavy atom. The van der Waals surface area contributed by atoms with Crippen LogP contribution in [-0.4, -0.2) is 12.1 Å². The molecule has 0 spiro atoms. The third kappa shape index (κ3) is 3.23. The molecule has 0 aliphatic carbocycles. The molecule has 0 unspecified atom stereocenters. The summed E-state index contributed by atoms with van der Waals surface area (Å²) in [6.07, 6.45) is 0. The van der Waals surface area contributed by atoms with Gasteiger partial charge in [-0.3, -0.25) is 0 Å². The van der Waals surface area contributed by atoms with Crippen LogP contribution < -0.4 is 15.2 Å². The van der Waals surface area contributed by atoms with Crippen LogP contribution in [0.25, 0.3) is 0 Å². The van der Waals surface area contributed by atoms with Crippen LogP contribution in [0.5, 0.6) is 17.5 Å². The first-order chi connectivity index (χ1) is 9.01. The van der Waals surface area contributed by atoms with Gasteiger partial charge in [0.1, 0.15) is 5.75 Å². The van der Waals surface area contributed by atoms with Crippen LogP contribution in [0.2, 0.25) is 10.0 Å². The topological polar surface area (TPSA) is 57.4 Å². The molecule has 1 aromatic heterocycles. The van der Waals surface area contributed by atoms with E-state index in [1.807, 2.05) is 0 Å². The fraction of sp³-hybridized carbons (Fsp3) is 0.0833. The number of aromatic nitrogens is 1. The highest BCUT2D eigenvalue weighted by Gasteiger charge is 2.11. The van der Waals surface area contributed by atoms with E-state index in [9.17, 15) is 0 Å². The molecule has 1 aromatic carbocycles. The Balaban J connectivity index is 2.38. The maximum atomic E-state index is 6.06. The number of ether oxygens (including phenoxy) is 2. The Labute approximate surface area is 128 Å². The fourth-order valence-electron chi connectivity index (χ4n) is 1.32. The maximum absolute atomic E-state index is 6.06. The first-order valence-electron chi connectivity index (χ1n) is 5.14. The van der Waals surface area contributed by atoms with Gasteiger partial charge in [0.2, 0.25) is 11.8 Å². The monoisotopic (exact) mass is 362 g/mol. The predicted molar refractivity (Wildman–Crippen MR) is 79.4 cm³/mol. The number of hydrogen-bond acceptors (Lipinski definition) is 4. The van der Waals surface area contributed by atoms with E-state index in [2.05, 4.69) is 20.9 Å². The molecule has 0 saturated carbocycles. The Morgan fingerprint density at radius 2 is 1.95 bits per heavy atom. The van der Waals surface area contributed by atoms with Gasteiger partial charge >= 0.3 is 0 Å². The lowest BCUT2D eigenvalue weighted by molar-refractivity contribution is 0.384. The van der Waals surface area contributed by atoms with E-state index in [1.165, 1.54) is 7.11 Å². The molecule has 0 aliphatic rings. The van der Waals surface area contributed by atoms with Crippen LogP contribution in [0, 0.1) is 0 Å². The number of nitrogens with zero attached hydrogens (tertiary/aromatic N) is 1. The minimum Gasteiger partial charge on any atom is -0.481 e. The van der Waals surface area contributed by atoms with Crippen LogP contribution in [0.3, 0.4) is 0 Å². The Hall–Kier alpha value is -1.17. The van der Waals surface area contributed by atoms with Crippen LogP contribution >= 0.6 is 39.1 Å². The molecule has 0 fully saturated rings. The van der Waals surface area contributed by atoms with Crippen molar-refractivity contribution >= 4 is 44.8 Å². The molecule has 0 amide bonds. The van der Waals surface area contributed by atoms with Crippen molar-refractivity contribution in [1.82, 2.24) is 4.98 Å². The first-order valence-corrected chi connectivity index (χ1v) is 6.69. The summed E-state index contributed by atoms with van der Waals surface area (Å²) in [5.74, 6) is 0.963. The molecule has 7 heteroatoms. The van der Waals surface area contributed by atoms with E-state index in [0.29, 0.717) is 31.8 Å². The second-order valence-corrected chi connectivity index (χ2v) is 5.22. The summed E-state index contributed by atoms with van der Waals surface area (Å²) in [6.45, 7) is 0. The zero-order valence-electron chi connectivity index (χ0n) is 9.78. The minimum absolute atomic E-state index is 0.208. The van der Waals surface area contributed by atoms with E-state index in [4.69, 9.17) is 38.4 Å². The van der Waals surface area contributed by atoms with E-state index in [0.717, 1.165) is 0 Å². The van der Waals surface area contributed by atoms with Crippen LogP contribution in [0.4, 0.5) is 5.69 Å². The summed E-state index contributed by atoms with van der Waals surface area (Å²) in [5, 5.41) is 0.862. The number of methoxy groups -OCH3 is 1. The smallest absolute Gasteiger partial charge is 0.246 e. The maximum Gasteiger partial charge on any atom is 0.246 e. The molecule has 2 aromatic rings. The number of pyridine rings is 1. The van der Waals surface area contributed by atoms with Gasteiger partial charge < -0.3 is 15.2 Å². The molecular weight excluding hydrogens is 355 g/mol. The highest BCUT2D eigenvalue weighted by molar-refractivity contribution is 9.10. The van der Waals surface area contributed by atoms with Crippen molar-refractivity contribution in [1.29, 1.82) is 0 Å². The van der Waals surface area contributed by atoms with Crippen molar-refractivity contribution < 1.29 is 9.47 Å². The molecule has 0 bridgehead atoms. The Kier molecular flexibility index (Phi) is 4.39. The molecule has 1 heterocycles. The molecule has 0 atom stereocenters. The number of rotatable bonds is 3. The van der Waals surface area contributed by atoms with Gasteiger partial charge in [-0.05, 0) is 28.1 Å². The summed E-state index contributed by atoms with van der Waals surface area (Å²) in [7, 11) is 1.51. The van der Waals surface area contributed by atoms with Gasteiger partial charge in [-0.1, -0.05) is 23.2 Å². The number of halogens is 3. The molecule has 0 aliphatic heterocycles. The van der Waals surface area contributed by atoms with Crippen molar-refractivity contribution in [2.24, 2.45) is 0 Å². The second kappa shape index (κ2) is 5.86.